The van der Waals surface area contributed by atoms with Crippen LogP contribution >= 0.6 is 11.6 Å². The Kier molecular flexibility index (Phi) is 3.72. The summed E-state index contributed by atoms with van der Waals surface area (Å²) in [6.07, 6.45) is 2.34. The molecule has 0 aromatic heterocycles. The molecule has 16 heavy (non-hydrogen) atoms. The topological polar surface area (TPSA) is 21.3 Å². The van der Waals surface area contributed by atoms with Crippen molar-refractivity contribution < 1.29 is 4.74 Å². The van der Waals surface area contributed by atoms with Crippen LogP contribution < -0.4 is 10.1 Å². The quantitative estimate of drug-likeness (QED) is 0.876. The molecule has 0 bridgehead atoms. The van der Waals surface area contributed by atoms with Crippen LogP contribution in [0.5, 0.6) is 5.75 Å². The van der Waals surface area contributed by atoms with Gasteiger partial charge in [-0.25, -0.2) is 0 Å². The molecule has 0 amide bonds. The van der Waals surface area contributed by atoms with Gasteiger partial charge in [0.2, 0.25) is 0 Å². The maximum absolute atomic E-state index is 6.19. The van der Waals surface area contributed by atoms with E-state index in [1.54, 1.807) is 7.11 Å². The maximum Gasteiger partial charge on any atom is 0.123 e. The summed E-state index contributed by atoms with van der Waals surface area (Å²) < 4.78 is 5.33. The van der Waals surface area contributed by atoms with E-state index < -0.39 is 0 Å². The Hall–Kier alpha value is -0.730. The number of rotatable bonds is 3. The molecule has 1 atom stereocenters. The largest absolute Gasteiger partial charge is 0.496 e. The fourth-order valence-electron chi connectivity index (χ4n) is 2.26. The van der Waals surface area contributed by atoms with Crippen molar-refractivity contribution in [3.05, 3.63) is 28.3 Å². The van der Waals surface area contributed by atoms with Crippen molar-refractivity contribution in [1.82, 2.24) is 5.32 Å². The molecule has 0 radical (unpaired) electrons. The van der Waals surface area contributed by atoms with Crippen molar-refractivity contribution in [2.24, 2.45) is 5.92 Å². The third-order valence-corrected chi connectivity index (χ3v) is 3.66. The molecule has 3 heteroatoms. The van der Waals surface area contributed by atoms with Gasteiger partial charge in [-0.1, -0.05) is 11.6 Å². The molecule has 1 aliphatic heterocycles. The first-order chi connectivity index (χ1) is 7.70. The van der Waals surface area contributed by atoms with E-state index in [2.05, 4.69) is 17.4 Å². The third-order valence-electron chi connectivity index (χ3n) is 3.26. The zero-order valence-electron chi connectivity index (χ0n) is 9.85. The van der Waals surface area contributed by atoms with E-state index in [9.17, 15) is 0 Å². The van der Waals surface area contributed by atoms with Gasteiger partial charge in [0, 0.05) is 10.6 Å². The molecule has 0 saturated carbocycles. The van der Waals surface area contributed by atoms with Gasteiger partial charge >= 0.3 is 0 Å². The normalized spacial score (nSPS) is 20.1. The van der Waals surface area contributed by atoms with Gasteiger partial charge in [0.05, 0.1) is 7.11 Å². The highest BCUT2D eigenvalue weighted by Gasteiger charge is 2.16. The number of hydrogen-bond donors (Lipinski definition) is 1. The highest BCUT2D eigenvalue weighted by Crippen LogP contribution is 2.29. The summed E-state index contributed by atoms with van der Waals surface area (Å²) in [4.78, 5) is 0. The molecule has 1 saturated heterocycles. The lowest BCUT2D eigenvalue weighted by Gasteiger charge is -2.12. The van der Waals surface area contributed by atoms with E-state index in [4.69, 9.17) is 16.3 Å². The fraction of sp³-hybridized carbons (Fsp3) is 0.538. The van der Waals surface area contributed by atoms with Crippen LogP contribution in [0.1, 0.15) is 17.5 Å². The standard InChI is InChI=1S/C13H18ClNO/c1-9-12(14)6-11(7-13(9)16-2)5-10-3-4-15-8-10/h6-7,10,15H,3-5,8H2,1-2H3. The Morgan fingerprint density at radius 3 is 2.94 bits per heavy atom. The smallest absolute Gasteiger partial charge is 0.123 e. The Morgan fingerprint density at radius 1 is 1.50 bits per heavy atom. The second kappa shape index (κ2) is 5.07. The second-order valence-electron chi connectivity index (χ2n) is 4.47. The summed E-state index contributed by atoms with van der Waals surface area (Å²) in [5.41, 5.74) is 2.30. The van der Waals surface area contributed by atoms with Crippen molar-refractivity contribution in [3.8, 4) is 5.75 Å². The lowest BCUT2D eigenvalue weighted by atomic mass is 9.97. The Balaban J connectivity index is 2.17. The molecule has 1 aliphatic rings. The number of hydrogen-bond acceptors (Lipinski definition) is 2. The molecule has 1 N–H and O–H groups in total. The lowest BCUT2D eigenvalue weighted by molar-refractivity contribution is 0.410. The first-order valence-electron chi connectivity index (χ1n) is 5.74. The van der Waals surface area contributed by atoms with Crippen molar-refractivity contribution in [2.45, 2.75) is 19.8 Å². The van der Waals surface area contributed by atoms with Crippen LogP contribution in [0.3, 0.4) is 0 Å². The zero-order valence-corrected chi connectivity index (χ0v) is 10.6. The Morgan fingerprint density at radius 2 is 2.31 bits per heavy atom. The van der Waals surface area contributed by atoms with Crippen LogP contribution in [0, 0.1) is 12.8 Å². The van der Waals surface area contributed by atoms with Gasteiger partial charge in [-0.15, -0.1) is 0 Å². The first kappa shape index (κ1) is 11.7. The first-order valence-corrected chi connectivity index (χ1v) is 6.12. The summed E-state index contributed by atoms with van der Waals surface area (Å²) in [5, 5.41) is 4.19. The van der Waals surface area contributed by atoms with Gasteiger partial charge in [0.1, 0.15) is 5.75 Å². The van der Waals surface area contributed by atoms with E-state index >= 15 is 0 Å². The summed E-state index contributed by atoms with van der Waals surface area (Å²) in [5.74, 6) is 1.64. The van der Waals surface area contributed by atoms with Crippen molar-refractivity contribution in [3.63, 3.8) is 0 Å². The summed E-state index contributed by atoms with van der Waals surface area (Å²) in [7, 11) is 1.69. The molecular weight excluding hydrogens is 222 g/mol. The van der Waals surface area contributed by atoms with Crippen LogP contribution in [-0.4, -0.2) is 20.2 Å². The number of methoxy groups -OCH3 is 1. The van der Waals surface area contributed by atoms with E-state index in [-0.39, 0.29) is 0 Å². The van der Waals surface area contributed by atoms with Crippen LogP contribution in [0.15, 0.2) is 12.1 Å². The molecule has 88 valence electrons. The lowest BCUT2D eigenvalue weighted by Crippen LogP contribution is -2.10. The average Bonchev–Trinajstić information content (AvgIpc) is 2.76. The van der Waals surface area contributed by atoms with Gasteiger partial charge in [-0.3, -0.25) is 0 Å². The van der Waals surface area contributed by atoms with Crippen molar-refractivity contribution in [2.75, 3.05) is 20.2 Å². The highest BCUT2D eigenvalue weighted by molar-refractivity contribution is 6.31. The molecular formula is C13H18ClNO. The van der Waals surface area contributed by atoms with Crippen molar-refractivity contribution >= 4 is 11.6 Å². The predicted molar refractivity (Wildman–Crippen MR) is 67.4 cm³/mol. The minimum absolute atomic E-state index is 0.739. The number of ether oxygens (including phenoxy) is 1. The van der Waals surface area contributed by atoms with E-state index in [0.717, 1.165) is 41.8 Å². The van der Waals surface area contributed by atoms with Gasteiger partial charge in [0.25, 0.3) is 0 Å². The van der Waals surface area contributed by atoms with Gasteiger partial charge in [-0.05, 0) is 56.5 Å². The molecule has 1 fully saturated rings. The predicted octanol–water partition coefficient (Wildman–Crippen LogP) is 2.81. The molecule has 2 nitrogen and oxygen atoms in total. The molecule has 0 spiro atoms. The average molecular weight is 240 g/mol. The van der Waals surface area contributed by atoms with Crippen LogP contribution in [0.2, 0.25) is 5.02 Å². The Bertz CT molecular complexity index is 372. The molecule has 1 aromatic rings. The number of nitrogens with one attached hydrogen (secondary N) is 1. The molecule has 1 aromatic carbocycles. The second-order valence-corrected chi connectivity index (χ2v) is 4.88. The zero-order chi connectivity index (χ0) is 11.5. The summed E-state index contributed by atoms with van der Waals surface area (Å²) in [6, 6.07) is 4.18. The van der Waals surface area contributed by atoms with Gasteiger partial charge in [-0.2, -0.15) is 0 Å². The van der Waals surface area contributed by atoms with E-state index in [1.165, 1.54) is 12.0 Å². The minimum atomic E-state index is 0.739. The highest BCUT2D eigenvalue weighted by atomic mass is 35.5. The molecule has 0 aliphatic carbocycles. The molecule has 2 rings (SSSR count). The minimum Gasteiger partial charge on any atom is -0.496 e. The van der Waals surface area contributed by atoms with Gasteiger partial charge in [0.15, 0.2) is 0 Å². The fourth-order valence-corrected chi connectivity index (χ4v) is 2.49. The summed E-state index contributed by atoms with van der Waals surface area (Å²) >= 11 is 6.19. The summed E-state index contributed by atoms with van der Waals surface area (Å²) in [6.45, 7) is 4.25. The van der Waals surface area contributed by atoms with Crippen molar-refractivity contribution in [1.29, 1.82) is 0 Å². The monoisotopic (exact) mass is 239 g/mol. The SMILES string of the molecule is COc1cc(CC2CCNC2)cc(Cl)c1C. The molecule has 1 unspecified atom stereocenters. The Labute approximate surface area is 102 Å². The maximum atomic E-state index is 6.19. The number of benzene rings is 1. The van der Waals surface area contributed by atoms with Crippen LogP contribution in [-0.2, 0) is 6.42 Å². The van der Waals surface area contributed by atoms with Gasteiger partial charge < -0.3 is 10.1 Å². The van der Waals surface area contributed by atoms with Crippen LogP contribution in [0.25, 0.3) is 0 Å². The van der Waals surface area contributed by atoms with Crippen LogP contribution in [0.4, 0.5) is 0 Å². The van der Waals surface area contributed by atoms with E-state index in [0.29, 0.717) is 0 Å². The third kappa shape index (κ3) is 2.50. The molecule has 1 heterocycles. The number of halogens is 1. The van der Waals surface area contributed by atoms with E-state index in [1.807, 2.05) is 6.92 Å².